The molecule has 2 saturated heterocycles. The Morgan fingerprint density at radius 3 is 2.67 bits per heavy atom. The van der Waals surface area contributed by atoms with E-state index in [1.807, 2.05) is 33.7 Å². The predicted molar refractivity (Wildman–Crippen MR) is 112 cm³/mol. The van der Waals surface area contributed by atoms with Gasteiger partial charge in [0.15, 0.2) is 5.65 Å². The van der Waals surface area contributed by atoms with Crippen molar-refractivity contribution in [2.45, 2.75) is 25.4 Å². The molecule has 0 saturated carbocycles. The highest BCUT2D eigenvalue weighted by Crippen LogP contribution is 2.19. The van der Waals surface area contributed by atoms with Crippen molar-refractivity contribution in [1.29, 1.82) is 0 Å². The van der Waals surface area contributed by atoms with Crippen molar-refractivity contribution in [3.63, 3.8) is 0 Å². The number of imidazole rings is 1. The first-order chi connectivity index (χ1) is 14.8. The van der Waals surface area contributed by atoms with Crippen molar-refractivity contribution in [2.24, 2.45) is 0 Å². The van der Waals surface area contributed by atoms with Crippen molar-refractivity contribution < 1.29 is 9.53 Å². The van der Waals surface area contributed by atoms with Gasteiger partial charge in [-0.1, -0.05) is 6.07 Å². The van der Waals surface area contributed by atoms with E-state index in [0.29, 0.717) is 18.2 Å². The van der Waals surface area contributed by atoms with E-state index in [9.17, 15) is 4.79 Å². The third-order valence-corrected chi connectivity index (χ3v) is 6.07. The van der Waals surface area contributed by atoms with Crippen LogP contribution in [0, 0.1) is 0 Å². The number of nitrogens with zero attached hydrogens (tertiary/aromatic N) is 6. The highest BCUT2D eigenvalue weighted by molar-refractivity contribution is 5.96. The lowest BCUT2D eigenvalue weighted by atomic mass is 10.1. The molecule has 5 rings (SSSR count). The number of amides is 1. The summed E-state index contributed by atoms with van der Waals surface area (Å²) in [6.45, 7) is 5.65. The number of carbonyl (C=O) groups is 1. The Kier molecular flexibility index (Phi) is 5.42. The van der Waals surface area contributed by atoms with E-state index in [-0.39, 0.29) is 5.91 Å². The van der Waals surface area contributed by atoms with Crippen LogP contribution in [0.25, 0.3) is 11.2 Å². The van der Waals surface area contributed by atoms with Gasteiger partial charge >= 0.3 is 0 Å². The minimum absolute atomic E-state index is 0.0373. The van der Waals surface area contributed by atoms with Gasteiger partial charge in [0, 0.05) is 57.8 Å². The van der Waals surface area contributed by atoms with Crippen LogP contribution in [-0.2, 0) is 11.3 Å². The minimum atomic E-state index is 0.0373. The van der Waals surface area contributed by atoms with E-state index >= 15 is 0 Å². The summed E-state index contributed by atoms with van der Waals surface area (Å²) in [5.74, 6) is 0.0373. The van der Waals surface area contributed by atoms with Crippen LogP contribution in [0.1, 0.15) is 28.9 Å². The number of aromatic nitrogens is 4. The van der Waals surface area contributed by atoms with Crippen LogP contribution in [-0.4, -0.2) is 80.7 Å². The molecular formula is C22H26N6O2. The van der Waals surface area contributed by atoms with E-state index in [2.05, 4.69) is 19.9 Å². The van der Waals surface area contributed by atoms with Gasteiger partial charge in [0.1, 0.15) is 5.52 Å². The van der Waals surface area contributed by atoms with E-state index in [1.54, 1.807) is 18.7 Å². The molecule has 5 heterocycles. The van der Waals surface area contributed by atoms with Crippen molar-refractivity contribution in [2.75, 3.05) is 39.4 Å². The van der Waals surface area contributed by atoms with Gasteiger partial charge in [-0.15, -0.1) is 0 Å². The molecule has 156 valence electrons. The maximum Gasteiger partial charge on any atom is 0.255 e. The molecule has 0 atom stereocenters. The molecule has 2 aliphatic heterocycles. The minimum Gasteiger partial charge on any atom is -0.381 e. The quantitative estimate of drug-likeness (QED) is 0.658. The standard InChI is InChI=1S/C22H26N6O2/c29-22(27-9-7-26(8-10-27)19-4-11-30-12-5-19)17-13-20-21(24-14-17)28(16-25-20)15-18-3-1-2-6-23-18/h1-3,6,13-14,16,19H,4-5,7-12,15H2. The summed E-state index contributed by atoms with van der Waals surface area (Å²) in [4.78, 5) is 30.8. The fraction of sp³-hybridized carbons (Fsp3) is 0.455. The third kappa shape index (κ3) is 3.93. The second-order valence-electron chi connectivity index (χ2n) is 7.93. The largest absolute Gasteiger partial charge is 0.381 e. The topological polar surface area (TPSA) is 76.4 Å². The van der Waals surface area contributed by atoms with Gasteiger partial charge in [0.2, 0.25) is 0 Å². The molecule has 0 N–H and O–H groups in total. The zero-order valence-electron chi connectivity index (χ0n) is 17.0. The Balaban J connectivity index is 1.25. The van der Waals surface area contributed by atoms with Crippen LogP contribution in [0.2, 0.25) is 0 Å². The van der Waals surface area contributed by atoms with Gasteiger partial charge < -0.3 is 14.2 Å². The van der Waals surface area contributed by atoms with E-state index in [1.165, 1.54) is 0 Å². The normalized spacial score (nSPS) is 18.7. The van der Waals surface area contributed by atoms with Crippen LogP contribution in [0.5, 0.6) is 0 Å². The smallest absolute Gasteiger partial charge is 0.255 e. The number of piperazine rings is 1. The van der Waals surface area contributed by atoms with E-state index in [0.717, 1.165) is 69.1 Å². The maximum atomic E-state index is 13.0. The third-order valence-electron chi connectivity index (χ3n) is 6.07. The van der Waals surface area contributed by atoms with Crippen LogP contribution >= 0.6 is 0 Å². The highest BCUT2D eigenvalue weighted by atomic mass is 16.5. The maximum absolute atomic E-state index is 13.0. The molecule has 0 aliphatic carbocycles. The molecule has 0 bridgehead atoms. The Bertz CT molecular complexity index is 1010. The lowest BCUT2D eigenvalue weighted by Gasteiger charge is -2.40. The molecule has 8 nitrogen and oxygen atoms in total. The molecule has 0 radical (unpaired) electrons. The van der Waals surface area contributed by atoms with Crippen LogP contribution in [0.4, 0.5) is 0 Å². The molecule has 0 spiro atoms. The molecule has 3 aromatic heterocycles. The Labute approximate surface area is 175 Å². The molecule has 8 heteroatoms. The number of rotatable bonds is 4. The number of pyridine rings is 2. The Morgan fingerprint density at radius 1 is 1.07 bits per heavy atom. The molecule has 3 aromatic rings. The lowest BCUT2D eigenvalue weighted by Crippen LogP contribution is -2.53. The van der Waals surface area contributed by atoms with Gasteiger partial charge in [-0.3, -0.25) is 14.7 Å². The van der Waals surface area contributed by atoms with E-state index < -0.39 is 0 Å². The molecule has 1 amide bonds. The average Bonchev–Trinajstić information content (AvgIpc) is 3.22. The van der Waals surface area contributed by atoms with Crippen LogP contribution in [0.15, 0.2) is 43.0 Å². The first-order valence-electron chi connectivity index (χ1n) is 10.6. The average molecular weight is 406 g/mol. The molecule has 30 heavy (non-hydrogen) atoms. The van der Waals surface area contributed by atoms with Gasteiger partial charge in [0.25, 0.3) is 5.91 Å². The zero-order chi connectivity index (χ0) is 20.3. The molecule has 0 unspecified atom stereocenters. The number of hydrogen-bond donors (Lipinski definition) is 0. The summed E-state index contributed by atoms with van der Waals surface area (Å²) >= 11 is 0. The lowest BCUT2D eigenvalue weighted by molar-refractivity contribution is 0.0137. The number of hydrogen-bond acceptors (Lipinski definition) is 6. The van der Waals surface area contributed by atoms with Gasteiger partial charge in [-0.2, -0.15) is 0 Å². The fourth-order valence-electron chi connectivity index (χ4n) is 4.37. The van der Waals surface area contributed by atoms with Crippen molar-refractivity contribution in [3.8, 4) is 0 Å². The predicted octanol–water partition coefficient (Wildman–Crippen LogP) is 1.81. The van der Waals surface area contributed by atoms with Crippen LogP contribution in [0.3, 0.4) is 0 Å². The van der Waals surface area contributed by atoms with Crippen molar-refractivity contribution >= 4 is 17.1 Å². The van der Waals surface area contributed by atoms with Crippen molar-refractivity contribution in [1.82, 2.24) is 29.3 Å². The summed E-state index contributed by atoms with van der Waals surface area (Å²) in [6.07, 6.45) is 7.39. The van der Waals surface area contributed by atoms with Crippen molar-refractivity contribution in [3.05, 3.63) is 54.2 Å². The number of ether oxygens (including phenoxy) is 1. The molecule has 2 aliphatic rings. The summed E-state index contributed by atoms with van der Waals surface area (Å²) in [6, 6.07) is 8.29. The zero-order valence-corrected chi connectivity index (χ0v) is 17.0. The second-order valence-corrected chi connectivity index (χ2v) is 7.93. The first-order valence-corrected chi connectivity index (χ1v) is 10.6. The Hall–Kier alpha value is -2.84. The summed E-state index contributed by atoms with van der Waals surface area (Å²) in [5, 5.41) is 0. The van der Waals surface area contributed by atoms with Gasteiger partial charge in [0.05, 0.1) is 24.1 Å². The summed E-state index contributed by atoms with van der Waals surface area (Å²) in [7, 11) is 0. The summed E-state index contributed by atoms with van der Waals surface area (Å²) in [5.41, 5.74) is 3.05. The highest BCUT2D eigenvalue weighted by Gasteiger charge is 2.28. The number of carbonyl (C=O) groups excluding carboxylic acids is 1. The molecular weight excluding hydrogens is 380 g/mol. The fourth-order valence-corrected chi connectivity index (χ4v) is 4.37. The molecule has 2 fully saturated rings. The van der Waals surface area contributed by atoms with Crippen LogP contribution < -0.4 is 0 Å². The first kappa shape index (κ1) is 19.1. The van der Waals surface area contributed by atoms with Gasteiger partial charge in [-0.25, -0.2) is 9.97 Å². The number of fused-ring (bicyclic) bond motifs is 1. The molecule has 0 aromatic carbocycles. The Morgan fingerprint density at radius 2 is 1.90 bits per heavy atom. The SMILES string of the molecule is O=C(c1cnc2c(c1)ncn2Cc1ccccn1)N1CCN(C2CCOCC2)CC1. The monoisotopic (exact) mass is 406 g/mol. The summed E-state index contributed by atoms with van der Waals surface area (Å²) < 4.78 is 7.43. The van der Waals surface area contributed by atoms with Gasteiger partial charge in [-0.05, 0) is 31.0 Å². The second kappa shape index (κ2) is 8.49. The van der Waals surface area contributed by atoms with E-state index in [4.69, 9.17) is 4.74 Å².